The molecule has 108 valence electrons. The van der Waals surface area contributed by atoms with Gasteiger partial charge in [0.1, 0.15) is 17.1 Å². The molecule has 0 amide bonds. The average Bonchev–Trinajstić information content (AvgIpc) is 2.75. The zero-order valence-electron chi connectivity index (χ0n) is 12.6. The van der Waals surface area contributed by atoms with E-state index in [-0.39, 0.29) is 5.60 Å². The molecule has 4 nitrogen and oxygen atoms in total. The first-order chi connectivity index (χ1) is 9.42. The van der Waals surface area contributed by atoms with Crippen LogP contribution in [0.5, 0.6) is 5.88 Å². The predicted octanol–water partition coefficient (Wildman–Crippen LogP) is 3.45. The zero-order chi connectivity index (χ0) is 14.6. The van der Waals surface area contributed by atoms with E-state index >= 15 is 0 Å². The molecule has 0 aromatic carbocycles. The molecule has 20 heavy (non-hydrogen) atoms. The summed E-state index contributed by atoms with van der Waals surface area (Å²) in [5.41, 5.74) is 0.902. The Bertz CT molecular complexity index is 538. The van der Waals surface area contributed by atoms with Gasteiger partial charge in [0, 0.05) is 18.8 Å². The Morgan fingerprint density at radius 3 is 2.50 bits per heavy atom. The standard InChI is InChI=1S/C16H22N2O2/c1-12-5-7-14(19-12)11-17-9-13-6-8-15(18-10-13)20-16(2,3)4/h5-8,10,17H,9,11H2,1-4H3. The van der Waals surface area contributed by atoms with Gasteiger partial charge in [-0.3, -0.25) is 0 Å². The lowest BCUT2D eigenvalue weighted by molar-refractivity contribution is 0.124. The summed E-state index contributed by atoms with van der Waals surface area (Å²) >= 11 is 0. The van der Waals surface area contributed by atoms with Crippen molar-refractivity contribution in [1.82, 2.24) is 10.3 Å². The first kappa shape index (κ1) is 14.6. The van der Waals surface area contributed by atoms with Crippen molar-refractivity contribution in [3.05, 3.63) is 47.5 Å². The second kappa shape index (κ2) is 6.09. The highest BCUT2D eigenvalue weighted by atomic mass is 16.5. The highest BCUT2D eigenvalue weighted by Gasteiger charge is 2.12. The van der Waals surface area contributed by atoms with Crippen LogP contribution in [0.1, 0.15) is 37.9 Å². The number of pyridine rings is 1. The number of nitrogens with zero attached hydrogens (tertiary/aromatic N) is 1. The Morgan fingerprint density at radius 1 is 1.15 bits per heavy atom. The van der Waals surface area contributed by atoms with Crippen molar-refractivity contribution in [1.29, 1.82) is 0 Å². The summed E-state index contributed by atoms with van der Waals surface area (Å²) < 4.78 is 11.2. The molecule has 2 aromatic rings. The second-order valence-corrected chi connectivity index (χ2v) is 5.84. The molecule has 0 radical (unpaired) electrons. The van der Waals surface area contributed by atoms with E-state index in [4.69, 9.17) is 9.15 Å². The number of hydrogen-bond donors (Lipinski definition) is 1. The Hall–Kier alpha value is -1.81. The van der Waals surface area contributed by atoms with Crippen LogP contribution in [0.4, 0.5) is 0 Å². The van der Waals surface area contributed by atoms with Crippen LogP contribution in [0.3, 0.4) is 0 Å². The molecule has 0 aliphatic rings. The smallest absolute Gasteiger partial charge is 0.213 e. The predicted molar refractivity (Wildman–Crippen MR) is 78.6 cm³/mol. The molecule has 2 rings (SSSR count). The monoisotopic (exact) mass is 274 g/mol. The highest BCUT2D eigenvalue weighted by molar-refractivity contribution is 5.18. The number of rotatable bonds is 5. The molecule has 0 unspecified atom stereocenters. The summed E-state index contributed by atoms with van der Waals surface area (Å²) in [6.45, 7) is 9.44. The average molecular weight is 274 g/mol. The van der Waals surface area contributed by atoms with Crippen LogP contribution in [-0.4, -0.2) is 10.6 Å². The van der Waals surface area contributed by atoms with Crippen LogP contribution in [0.2, 0.25) is 0 Å². The SMILES string of the molecule is Cc1ccc(CNCc2ccc(OC(C)(C)C)nc2)o1. The van der Waals surface area contributed by atoms with Gasteiger partial charge in [-0.2, -0.15) is 0 Å². The third kappa shape index (κ3) is 4.70. The van der Waals surface area contributed by atoms with Gasteiger partial charge in [-0.1, -0.05) is 6.07 Å². The largest absolute Gasteiger partial charge is 0.472 e. The maximum absolute atomic E-state index is 5.69. The van der Waals surface area contributed by atoms with Gasteiger partial charge in [0.2, 0.25) is 5.88 Å². The highest BCUT2D eigenvalue weighted by Crippen LogP contribution is 2.15. The molecular formula is C16H22N2O2. The van der Waals surface area contributed by atoms with Crippen molar-refractivity contribution < 1.29 is 9.15 Å². The van der Waals surface area contributed by atoms with Crippen LogP contribution < -0.4 is 10.1 Å². The summed E-state index contributed by atoms with van der Waals surface area (Å²) in [5.74, 6) is 2.54. The molecule has 0 spiro atoms. The van der Waals surface area contributed by atoms with Crippen LogP contribution >= 0.6 is 0 Å². The van der Waals surface area contributed by atoms with E-state index in [0.717, 1.165) is 23.6 Å². The van der Waals surface area contributed by atoms with E-state index in [1.807, 2.05) is 58.2 Å². The molecule has 2 heterocycles. The minimum Gasteiger partial charge on any atom is -0.472 e. The minimum absolute atomic E-state index is 0.218. The Balaban J connectivity index is 1.82. The van der Waals surface area contributed by atoms with E-state index < -0.39 is 0 Å². The zero-order valence-corrected chi connectivity index (χ0v) is 12.6. The third-order valence-corrected chi connectivity index (χ3v) is 2.63. The number of aryl methyl sites for hydroxylation is 1. The van der Waals surface area contributed by atoms with Crippen LogP contribution in [0.15, 0.2) is 34.9 Å². The molecule has 0 aliphatic heterocycles. The number of furan rings is 1. The fraction of sp³-hybridized carbons (Fsp3) is 0.438. The molecular weight excluding hydrogens is 252 g/mol. The lowest BCUT2D eigenvalue weighted by atomic mass is 10.2. The van der Waals surface area contributed by atoms with Gasteiger partial charge in [-0.15, -0.1) is 0 Å². The summed E-state index contributed by atoms with van der Waals surface area (Å²) in [7, 11) is 0. The summed E-state index contributed by atoms with van der Waals surface area (Å²) in [5, 5.41) is 3.32. The topological polar surface area (TPSA) is 47.3 Å². The fourth-order valence-corrected chi connectivity index (χ4v) is 1.80. The lowest BCUT2D eigenvalue weighted by Gasteiger charge is -2.20. The van der Waals surface area contributed by atoms with Crippen LogP contribution in [0.25, 0.3) is 0 Å². The number of nitrogens with one attached hydrogen (secondary N) is 1. The van der Waals surface area contributed by atoms with E-state index in [2.05, 4.69) is 10.3 Å². The molecule has 1 N–H and O–H groups in total. The molecule has 0 atom stereocenters. The quantitative estimate of drug-likeness (QED) is 0.907. The van der Waals surface area contributed by atoms with Gasteiger partial charge in [-0.05, 0) is 45.4 Å². The molecule has 0 saturated heterocycles. The van der Waals surface area contributed by atoms with Crippen molar-refractivity contribution >= 4 is 0 Å². The maximum atomic E-state index is 5.69. The first-order valence-electron chi connectivity index (χ1n) is 6.82. The van der Waals surface area contributed by atoms with Gasteiger partial charge in [-0.25, -0.2) is 4.98 Å². The number of hydrogen-bond acceptors (Lipinski definition) is 4. The fourth-order valence-electron chi connectivity index (χ4n) is 1.80. The van der Waals surface area contributed by atoms with Crippen molar-refractivity contribution in [2.24, 2.45) is 0 Å². The third-order valence-electron chi connectivity index (χ3n) is 2.63. The maximum Gasteiger partial charge on any atom is 0.213 e. The molecule has 0 bridgehead atoms. The Morgan fingerprint density at radius 2 is 1.95 bits per heavy atom. The molecule has 4 heteroatoms. The van der Waals surface area contributed by atoms with E-state index in [0.29, 0.717) is 12.4 Å². The Labute approximate surface area is 120 Å². The van der Waals surface area contributed by atoms with Gasteiger partial charge in [0.25, 0.3) is 0 Å². The van der Waals surface area contributed by atoms with Gasteiger partial charge in [0.05, 0.1) is 6.54 Å². The van der Waals surface area contributed by atoms with E-state index in [9.17, 15) is 0 Å². The normalized spacial score (nSPS) is 11.6. The number of ether oxygens (including phenoxy) is 1. The summed E-state index contributed by atoms with van der Waals surface area (Å²) in [6, 6.07) is 7.88. The van der Waals surface area contributed by atoms with Gasteiger partial charge < -0.3 is 14.5 Å². The van der Waals surface area contributed by atoms with Crippen molar-refractivity contribution in [2.75, 3.05) is 0 Å². The minimum atomic E-state index is -0.218. The first-order valence-corrected chi connectivity index (χ1v) is 6.82. The van der Waals surface area contributed by atoms with Crippen LogP contribution in [-0.2, 0) is 13.1 Å². The number of aromatic nitrogens is 1. The lowest BCUT2D eigenvalue weighted by Crippen LogP contribution is -2.23. The summed E-state index contributed by atoms with van der Waals surface area (Å²) in [4.78, 5) is 4.31. The molecule has 0 saturated carbocycles. The summed E-state index contributed by atoms with van der Waals surface area (Å²) in [6.07, 6.45) is 1.83. The van der Waals surface area contributed by atoms with E-state index in [1.165, 1.54) is 0 Å². The van der Waals surface area contributed by atoms with Crippen molar-refractivity contribution in [3.8, 4) is 5.88 Å². The Kier molecular flexibility index (Phi) is 4.45. The molecule has 2 aromatic heterocycles. The van der Waals surface area contributed by atoms with Crippen molar-refractivity contribution in [3.63, 3.8) is 0 Å². The van der Waals surface area contributed by atoms with Gasteiger partial charge >= 0.3 is 0 Å². The molecule has 0 aliphatic carbocycles. The second-order valence-electron chi connectivity index (χ2n) is 5.84. The molecule has 0 fully saturated rings. The van der Waals surface area contributed by atoms with Crippen molar-refractivity contribution in [2.45, 2.75) is 46.4 Å². The van der Waals surface area contributed by atoms with E-state index in [1.54, 1.807) is 0 Å². The van der Waals surface area contributed by atoms with Gasteiger partial charge in [0.15, 0.2) is 0 Å². The van der Waals surface area contributed by atoms with Crippen LogP contribution in [0, 0.1) is 6.92 Å².